The number of hydrogen-bond donors (Lipinski definition) is 1. The molecule has 2 aromatic carbocycles. The van der Waals surface area contributed by atoms with E-state index in [9.17, 15) is 8.42 Å². The first-order chi connectivity index (χ1) is 17.9. The summed E-state index contributed by atoms with van der Waals surface area (Å²) in [5, 5.41) is 4.59. The van der Waals surface area contributed by atoms with Gasteiger partial charge in [0.15, 0.2) is 0 Å². The highest BCUT2D eigenvalue weighted by molar-refractivity contribution is 7.92. The van der Waals surface area contributed by atoms with Gasteiger partial charge in [-0.3, -0.25) is 9.62 Å². The smallest absolute Gasteiger partial charge is 0.229 e. The van der Waals surface area contributed by atoms with Crippen LogP contribution in [-0.4, -0.2) is 45.0 Å². The molecule has 0 unspecified atom stereocenters. The molecule has 0 spiro atoms. The molecule has 1 aliphatic carbocycles. The second kappa shape index (κ2) is 14.8. The maximum atomic E-state index is 11.4. The molecule has 1 saturated carbocycles. The predicted molar refractivity (Wildman–Crippen MR) is 157 cm³/mol. The van der Waals surface area contributed by atoms with Gasteiger partial charge >= 0.3 is 0 Å². The Hall–Kier alpha value is -2.29. The Bertz CT molecular complexity index is 1110. The summed E-state index contributed by atoms with van der Waals surface area (Å²) in [6.45, 7) is 5.73. The third-order valence-corrected chi connectivity index (χ3v) is 7.92. The molecule has 0 radical (unpaired) electrons. The van der Waals surface area contributed by atoms with Gasteiger partial charge < -0.3 is 9.57 Å². The van der Waals surface area contributed by atoms with Gasteiger partial charge in [-0.25, -0.2) is 8.42 Å². The average Bonchev–Trinajstić information content (AvgIpc) is 2.89. The SMILES string of the molecule is CCO/N=C(\CC1CCCCC1)C1CCN(Cc2ccc(Oc3ccc(NS(C)(=O)=O)cc3)cc2)CC1.Cl. The topological polar surface area (TPSA) is 80.2 Å². The number of oxime groups is 1. The third-order valence-electron chi connectivity index (χ3n) is 7.32. The summed E-state index contributed by atoms with van der Waals surface area (Å²) in [4.78, 5) is 8.05. The Labute approximate surface area is 234 Å². The fourth-order valence-electron chi connectivity index (χ4n) is 5.40. The summed E-state index contributed by atoms with van der Waals surface area (Å²) in [6, 6.07) is 15.1. The zero-order valence-electron chi connectivity index (χ0n) is 22.6. The number of hydrogen-bond acceptors (Lipinski definition) is 6. The molecule has 0 atom stereocenters. The van der Waals surface area contributed by atoms with Crippen LogP contribution in [0.2, 0.25) is 0 Å². The molecule has 4 rings (SSSR count). The molecule has 0 bridgehead atoms. The van der Waals surface area contributed by atoms with E-state index in [-0.39, 0.29) is 12.4 Å². The molecule has 1 heterocycles. The number of likely N-dealkylation sites (tertiary alicyclic amines) is 1. The molecule has 1 aliphatic heterocycles. The fraction of sp³-hybridized carbons (Fsp3) is 0.552. The predicted octanol–water partition coefficient (Wildman–Crippen LogP) is 6.85. The van der Waals surface area contributed by atoms with E-state index in [1.165, 1.54) is 43.4 Å². The van der Waals surface area contributed by atoms with Crippen molar-refractivity contribution in [3.63, 3.8) is 0 Å². The second-order valence-electron chi connectivity index (χ2n) is 10.4. The lowest BCUT2D eigenvalue weighted by atomic mass is 9.81. The molecule has 2 fully saturated rings. The van der Waals surface area contributed by atoms with E-state index in [1.807, 2.05) is 19.1 Å². The molecular formula is C29H42ClN3O4S. The lowest BCUT2D eigenvalue weighted by Crippen LogP contribution is -2.36. The highest BCUT2D eigenvalue weighted by atomic mass is 35.5. The Morgan fingerprint density at radius 1 is 0.947 bits per heavy atom. The number of piperidine rings is 1. The maximum Gasteiger partial charge on any atom is 0.229 e. The van der Waals surface area contributed by atoms with E-state index in [0.29, 0.717) is 24.0 Å². The summed E-state index contributed by atoms with van der Waals surface area (Å²) in [6.07, 6.45) is 11.3. The van der Waals surface area contributed by atoms with Crippen LogP contribution in [0.4, 0.5) is 5.69 Å². The second-order valence-corrected chi connectivity index (χ2v) is 12.2. The van der Waals surface area contributed by atoms with Crippen LogP contribution in [0.15, 0.2) is 53.7 Å². The number of nitrogens with one attached hydrogen (secondary N) is 1. The van der Waals surface area contributed by atoms with E-state index in [1.54, 1.807) is 24.3 Å². The minimum Gasteiger partial charge on any atom is -0.457 e. The van der Waals surface area contributed by atoms with Gasteiger partial charge in [0.2, 0.25) is 10.0 Å². The number of benzene rings is 2. The van der Waals surface area contributed by atoms with Crippen molar-refractivity contribution in [1.29, 1.82) is 0 Å². The van der Waals surface area contributed by atoms with Gasteiger partial charge in [-0.2, -0.15) is 0 Å². The monoisotopic (exact) mass is 563 g/mol. The van der Waals surface area contributed by atoms with Gasteiger partial charge in [-0.15, -0.1) is 12.4 Å². The molecule has 38 heavy (non-hydrogen) atoms. The summed E-state index contributed by atoms with van der Waals surface area (Å²) in [5.74, 6) is 2.74. The van der Waals surface area contributed by atoms with Crippen LogP contribution in [0.3, 0.4) is 0 Å². The van der Waals surface area contributed by atoms with Crippen molar-refractivity contribution >= 4 is 33.8 Å². The van der Waals surface area contributed by atoms with Crippen molar-refractivity contribution in [3.05, 3.63) is 54.1 Å². The number of halogens is 1. The van der Waals surface area contributed by atoms with Crippen LogP contribution >= 0.6 is 12.4 Å². The first kappa shape index (κ1) is 30.3. The number of ether oxygens (including phenoxy) is 1. The standard InChI is InChI=1S/C29H41N3O4S.ClH/c1-3-35-30-29(21-23-7-5-4-6-8-23)25-17-19-32(20-18-25)22-24-9-13-27(14-10-24)36-28-15-11-26(12-16-28)31-37(2,33)34;/h9-16,23,25,31H,3-8,17-22H2,1-2H3;1H/b30-29+;. The van der Waals surface area contributed by atoms with E-state index in [2.05, 4.69) is 26.9 Å². The minimum absolute atomic E-state index is 0. The number of nitrogens with zero attached hydrogens (tertiary/aromatic N) is 2. The van der Waals surface area contributed by atoms with Gasteiger partial charge in [0.25, 0.3) is 0 Å². The van der Waals surface area contributed by atoms with Gasteiger partial charge in [0.1, 0.15) is 18.1 Å². The average molecular weight is 564 g/mol. The van der Waals surface area contributed by atoms with Crippen molar-refractivity contribution in [1.82, 2.24) is 4.90 Å². The molecular weight excluding hydrogens is 522 g/mol. The fourth-order valence-corrected chi connectivity index (χ4v) is 5.96. The van der Waals surface area contributed by atoms with E-state index in [4.69, 9.17) is 9.57 Å². The Balaban J connectivity index is 0.00000400. The van der Waals surface area contributed by atoms with Gasteiger partial charge in [0.05, 0.1) is 12.0 Å². The van der Waals surface area contributed by atoms with Crippen LogP contribution in [-0.2, 0) is 21.4 Å². The highest BCUT2D eigenvalue weighted by Gasteiger charge is 2.26. The van der Waals surface area contributed by atoms with Gasteiger partial charge in [0, 0.05) is 18.2 Å². The van der Waals surface area contributed by atoms with Crippen LogP contribution in [0.25, 0.3) is 0 Å². The third kappa shape index (κ3) is 9.79. The van der Waals surface area contributed by atoms with Crippen LogP contribution < -0.4 is 9.46 Å². The molecule has 0 amide bonds. The first-order valence-corrected chi connectivity index (χ1v) is 15.5. The summed E-state index contributed by atoms with van der Waals surface area (Å²) < 4.78 is 31.1. The van der Waals surface area contributed by atoms with Gasteiger partial charge in [-0.1, -0.05) is 49.4 Å². The Kier molecular flexibility index (Phi) is 11.7. The van der Waals surface area contributed by atoms with Gasteiger partial charge in [-0.05, 0) is 87.2 Å². The number of anilines is 1. The van der Waals surface area contributed by atoms with Crippen molar-refractivity contribution in [3.8, 4) is 11.5 Å². The van der Waals surface area contributed by atoms with Crippen LogP contribution in [0, 0.1) is 11.8 Å². The first-order valence-electron chi connectivity index (χ1n) is 13.6. The summed E-state index contributed by atoms with van der Waals surface area (Å²) in [7, 11) is -3.29. The molecule has 2 aromatic rings. The lowest BCUT2D eigenvalue weighted by Gasteiger charge is -2.33. The molecule has 210 valence electrons. The van der Waals surface area contributed by atoms with Crippen molar-refractivity contribution < 1.29 is 18.0 Å². The van der Waals surface area contributed by atoms with Crippen molar-refractivity contribution in [2.24, 2.45) is 17.0 Å². The van der Waals surface area contributed by atoms with Crippen LogP contribution in [0.1, 0.15) is 63.9 Å². The van der Waals surface area contributed by atoms with Crippen LogP contribution in [0.5, 0.6) is 11.5 Å². The zero-order chi connectivity index (χ0) is 26.1. The van der Waals surface area contributed by atoms with Crippen molar-refractivity contribution in [2.75, 3.05) is 30.7 Å². The Morgan fingerprint density at radius 3 is 2.13 bits per heavy atom. The normalized spacial score (nSPS) is 18.0. The molecule has 1 N–H and O–H groups in total. The number of sulfonamides is 1. The number of rotatable bonds is 11. The highest BCUT2D eigenvalue weighted by Crippen LogP contribution is 2.31. The molecule has 0 aromatic heterocycles. The molecule has 1 saturated heterocycles. The zero-order valence-corrected chi connectivity index (χ0v) is 24.2. The maximum absolute atomic E-state index is 11.4. The molecule has 7 nitrogen and oxygen atoms in total. The molecule has 9 heteroatoms. The minimum atomic E-state index is -3.29. The molecule has 2 aliphatic rings. The summed E-state index contributed by atoms with van der Waals surface area (Å²) in [5.41, 5.74) is 3.08. The summed E-state index contributed by atoms with van der Waals surface area (Å²) >= 11 is 0. The van der Waals surface area contributed by atoms with E-state index in [0.717, 1.165) is 56.8 Å². The van der Waals surface area contributed by atoms with E-state index < -0.39 is 10.0 Å². The van der Waals surface area contributed by atoms with E-state index >= 15 is 0 Å². The largest absolute Gasteiger partial charge is 0.457 e. The Morgan fingerprint density at radius 2 is 1.55 bits per heavy atom. The quantitative estimate of drug-likeness (QED) is 0.239. The van der Waals surface area contributed by atoms with Crippen molar-refractivity contribution in [2.45, 2.75) is 64.8 Å². The lowest BCUT2D eigenvalue weighted by molar-refractivity contribution is 0.150.